The molecule has 0 rings (SSSR count). The maximum atomic E-state index is 10.9. The minimum absolute atomic E-state index is 0.0908. The lowest BCUT2D eigenvalue weighted by molar-refractivity contribution is -0.894. The molecule has 0 aliphatic heterocycles. The lowest BCUT2D eigenvalue weighted by Gasteiger charge is -2.33. The third-order valence-corrected chi connectivity index (χ3v) is 2.26. The van der Waals surface area contributed by atoms with Crippen LogP contribution in [-0.2, 0) is 4.79 Å². The molecule has 0 aromatic carbocycles. The molecule has 1 N–H and O–H groups in total. The zero-order valence-corrected chi connectivity index (χ0v) is 9.13. The lowest BCUT2D eigenvalue weighted by Crippen LogP contribution is -2.50. The molecule has 1 amide bonds. The summed E-state index contributed by atoms with van der Waals surface area (Å²) in [5.41, 5.74) is 0. The Kier molecular flexibility index (Phi) is 4.70. The maximum Gasteiger partial charge on any atom is 0.243 e. The van der Waals surface area contributed by atoms with E-state index in [1.54, 1.807) is 0 Å². The molecule has 0 bridgehead atoms. The van der Waals surface area contributed by atoms with E-state index in [0.29, 0.717) is 12.6 Å². The fraction of sp³-hybridized carbons (Fsp3) is 0.700. The van der Waals surface area contributed by atoms with Crippen molar-refractivity contribution in [1.29, 1.82) is 0 Å². The predicted octanol–water partition coefficient (Wildman–Crippen LogP) is 0.773. The summed E-state index contributed by atoms with van der Waals surface area (Å²) < 4.78 is 0.869. The van der Waals surface area contributed by atoms with Crippen molar-refractivity contribution in [1.82, 2.24) is 5.32 Å². The second kappa shape index (κ2) is 5.02. The first-order valence-corrected chi connectivity index (χ1v) is 4.63. The second-order valence-electron chi connectivity index (χ2n) is 4.13. The van der Waals surface area contributed by atoms with Crippen molar-refractivity contribution in [3.8, 4) is 0 Å². The highest BCUT2D eigenvalue weighted by molar-refractivity contribution is 5.86. The SMILES string of the molecule is C=CC(=O)NCC(CC)[N+](C)(C)C. The van der Waals surface area contributed by atoms with Crippen molar-refractivity contribution in [2.24, 2.45) is 0 Å². The van der Waals surface area contributed by atoms with Crippen LogP contribution in [0.3, 0.4) is 0 Å². The van der Waals surface area contributed by atoms with Crippen molar-refractivity contribution in [2.45, 2.75) is 19.4 Å². The van der Waals surface area contributed by atoms with Crippen molar-refractivity contribution in [3.05, 3.63) is 12.7 Å². The number of hydrogen-bond acceptors (Lipinski definition) is 1. The third kappa shape index (κ3) is 4.68. The van der Waals surface area contributed by atoms with Crippen LogP contribution in [0.15, 0.2) is 12.7 Å². The van der Waals surface area contributed by atoms with Crippen LogP contribution < -0.4 is 5.32 Å². The zero-order valence-electron chi connectivity index (χ0n) is 9.13. The van der Waals surface area contributed by atoms with Gasteiger partial charge < -0.3 is 9.80 Å². The minimum Gasteiger partial charge on any atom is -0.347 e. The Morgan fingerprint density at radius 3 is 2.38 bits per heavy atom. The van der Waals surface area contributed by atoms with E-state index in [9.17, 15) is 4.79 Å². The van der Waals surface area contributed by atoms with Crippen LogP contribution in [0.25, 0.3) is 0 Å². The number of nitrogens with zero attached hydrogens (tertiary/aromatic N) is 1. The van der Waals surface area contributed by atoms with Gasteiger partial charge in [-0.3, -0.25) is 4.79 Å². The van der Waals surface area contributed by atoms with Crippen molar-refractivity contribution < 1.29 is 9.28 Å². The van der Waals surface area contributed by atoms with Gasteiger partial charge in [-0.05, 0) is 12.5 Å². The standard InChI is InChI=1S/C10H20N2O/c1-6-9(12(3,4)5)8-11-10(13)7-2/h7,9H,2,6,8H2,1,3-5H3/p+1. The van der Waals surface area contributed by atoms with Gasteiger partial charge in [-0.15, -0.1) is 0 Å². The summed E-state index contributed by atoms with van der Waals surface area (Å²) in [5, 5.41) is 2.82. The van der Waals surface area contributed by atoms with Crippen LogP contribution in [0, 0.1) is 0 Å². The number of likely N-dealkylation sites (N-methyl/N-ethyl adjacent to an activating group) is 1. The van der Waals surface area contributed by atoms with Gasteiger partial charge in [0.1, 0.15) is 6.04 Å². The number of hydrogen-bond donors (Lipinski definition) is 1. The van der Waals surface area contributed by atoms with Crippen LogP contribution in [0.4, 0.5) is 0 Å². The molecule has 76 valence electrons. The quantitative estimate of drug-likeness (QED) is 0.497. The third-order valence-electron chi connectivity index (χ3n) is 2.26. The Morgan fingerprint density at radius 1 is 1.54 bits per heavy atom. The molecule has 0 aromatic rings. The smallest absolute Gasteiger partial charge is 0.243 e. The molecule has 0 aliphatic rings. The molecule has 0 spiro atoms. The number of carbonyl (C=O) groups is 1. The number of nitrogens with one attached hydrogen (secondary N) is 1. The average Bonchev–Trinajstić information content (AvgIpc) is 2.02. The first-order valence-electron chi connectivity index (χ1n) is 4.63. The van der Waals surface area contributed by atoms with E-state index in [0.717, 1.165) is 10.9 Å². The normalized spacial score (nSPS) is 13.5. The molecule has 1 unspecified atom stereocenters. The van der Waals surface area contributed by atoms with E-state index in [1.165, 1.54) is 6.08 Å². The van der Waals surface area contributed by atoms with E-state index < -0.39 is 0 Å². The summed E-state index contributed by atoms with van der Waals surface area (Å²) in [4.78, 5) is 10.9. The largest absolute Gasteiger partial charge is 0.347 e. The fourth-order valence-electron chi connectivity index (χ4n) is 1.26. The molecule has 0 saturated heterocycles. The van der Waals surface area contributed by atoms with Crippen molar-refractivity contribution in [2.75, 3.05) is 27.7 Å². The fourth-order valence-corrected chi connectivity index (χ4v) is 1.26. The summed E-state index contributed by atoms with van der Waals surface area (Å²) in [7, 11) is 6.40. The van der Waals surface area contributed by atoms with Crippen LogP contribution >= 0.6 is 0 Å². The first kappa shape index (κ1) is 12.2. The summed E-state index contributed by atoms with van der Waals surface area (Å²) in [6, 6.07) is 0.462. The Morgan fingerprint density at radius 2 is 2.08 bits per heavy atom. The predicted molar refractivity (Wildman–Crippen MR) is 55.3 cm³/mol. The van der Waals surface area contributed by atoms with E-state index >= 15 is 0 Å². The Labute approximate surface area is 81.0 Å². The van der Waals surface area contributed by atoms with Gasteiger partial charge in [0.2, 0.25) is 5.91 Å². The van der Waals surface area contributed by atoms with Gasteiger partial charge in [0.15, 0.2) is 0 Å². The van der Waals surface area contributed by atoms with Gasteiger partial charge in [-0.2, -0.15) is 0 Å². The van der Waals surface area contributed by atoms with E-state index in [-0.39, 0.29) is 5.91 Å². The van der Waals surface area contributed by atoms with Gasteiger partial charge in [0.05, 0.1) is 27.7 Å². The van der Waals surface area contributed by atoms with Gasteiger partial charge in [-0.1, -0.05) is 13.5 Å². The molecule has 0 aliphatic carbocycles. The monoisotopic (exact) mass is 185 g/mol. The number of rotatable bonds is 5. The first-order chi connectivity index (χ1) is 5.91. The molecule has 0 aromatic heterocycles. The Balaban J connectivity index is 4.00. The summed E-state index contributed by atoms with van der Waals surface area (Å²) in [6.45, 7) is 6.26. The lowest BCUT2D eigenvalue weighted by atomic mass is 10.2. The highest BCUT2D eigenvalue weighted by atomic mass is 16.1. The molecule has 0 radical (unpaired) electrons. The molecule has 1 atom stereocenters. The van der Waals surface area contributed by atoms with Crippen LogP contribution in [0.1, 0.15) is 13.3 Å². The topological polar surface area (TPSA) is 29.1 Å². The number of amides is 1. The second-order valence-corrected chi connectivity index (χ2v) is 4.13. The van der Waals surface area contributed by atoms with E-state index in [2.05, 4.69) is 40.0 Å². The summed E-state index contributed by atoms with van der Waals surface area (Å²) in [5.74, 6) is -0.0908. The van der Waals surface area contributed by atoms with E-state index in [1.807, 2.05) is 0 Å². The Bertz CT molecular complexity index is 182. The molecule has 0 saturated carbocycles. The van der Waals surface area contributed by atoms with Gasteiger partial charge in [-0.25, -0.2) is 0 Å². The number of carbonyl (C=O) groups excluding carboxylic acids is 1. The van der Waals surface area contributed by atoms with Gasteiger partial charge in [0.25, 0.3) is 0 Å². The zero-order chi connectivity index (χ0) is 10.5. The van der Waals surface area contributed by atoms with Crippen molar-refractivity contribution >= 4 is 5.91 Å². The molecule has 0 heterocycles. The molecule has 13 heavy (non-hydrogen) atoms. The average molecular weight is 185 g/mol. The number of quaternary nitrogens is 1. The minimum atomic E-state index is -0.0908. The molecule has 0 fully saturated rings. The molecule has 3 heteroatoms. The van der Waals surface area contributed by atoms with Crippen molar-refractivity contribution in [3.63, 3.8) is 0 Å². The molecule has 3 nitrogen and oxygen atoms in total. The molecular weight excluding hydrogens is 164 g/mol. The Hall–Kier alpha value is -0.830. The van der Waals surface area contributed by atoms with Crippen LogP contribution in [-0.4, -0.2) is 44.1 Å². The highest BCUT2D eigenvalue weighted by Crippen LogP contribution is 2.05. The van der Waals surface area contributed by atoms with Gasteiger partial charge in [0, 0.05) is 0 Å². The molecular formula is C10H21N2O+. The summed E-state index contributed by atoms with van der Waals surface area (Å²) >= 11 is 0. The van der Waals surface area contributed by atoms with E-state index in [4.69, 9.17) is 0 Å². The van der Waals surface area contributed by atoms with Crippen LogP contribution in [0.5, 0.6) is 0 Å². The maximum absolute atomic E-state index is 10.9. The van der Waals surface area contributed by atoms with Crippen LogP contribution in [0.2, 0.25) is 0 Å². The van der Waals surface area contributed by atoms with Gasteiger partial charge >= 0.3 is 0 Å². The highest BCUT2D eigenvalue weighted by Gasteiger charge is 2.21. The summed E-state index contributed by atoms with van der Waals surface area (Å²) in [6.07, 6.45) is 2.36.